The molecule has 0 aromatic rings. The van der Waals surface area contributed by atoms with Crippen molar-refractivity contribution >= 4 is 17.1 Å². The van der Waals surface area contributed by atoms with E-state index in [9.17, 15) is 20.1 Å². The first-order valence-corrected chi connectivity index (χ1v) is 11.0. The van der Waals surface area contributed by atoms with Gasteiger partial charge in [0.1, 0.15) is 14.4 Å². The van der Waals surface area contributed by atoms with E-state index in [0.29, 0.717) is 12.6 Å². The number of rotatable bonds is 4. The van der Waals surface area contributed by atoms with Gasteiger partial charge in [0, 0.05) is 0 Å². The molecule has 0 aromatic carbocycles. The van der Waals surface area contributed by atoms with Crippen LogP contribution < -0.4 is 5.73 Å². The maximum atomic E-state index is 9.86. The van der Waals surface area contributed by atoms with Crippen molar-refractivity contribution in [2.45, 2.75) is 44.4 Å². The Labute approximate surface area is 104 Å². The Morgan fingerprint density at radius 2 is 1.88 bits per heavy atom. The standard InChI is InChI=1S/C9H23NO5Si2/c1-9(2,5-10)3-4-16-8(13)6(11)7(12)15-17(16)14/h6-8,11-14,16-17H,3-5,10H2,1-2H3. The van der Waals surface area contributed by atoms with Gasteiger partial charge in [-0.2, -0.15) is 0 Å². The highest BCUT2D eigenvalue weighted by atomic mass is 29.2. The molecule has 1 heterocycles. The lowest BCUT2D eigenvalue weighted by Crippen LogP contribution is -2.63. The van der Waals surface area contributed by atoms with E-state index in [2.05, 4.69) is 0 Å². The fraction of sp³-hybridized carbons (Fsp3) is 1.00. The van der Waals surface area contributed by atoms with Crippen molar-refractivity contribution in [2.75, 3.05) is 6.54 Å². The smallest absolute Gasteiger partial charge is 0.299 e. The minimum absolute atomic E-state index is 0.0398. The summed E-state index contributed by atoms with van der Waals surface area (Å²) in [5, 5.41) is 28.6. The second-order valence-electron chi connectivity index (χ2n) is 5.47. The molecule has 0 radical (unpaired) electrons. The van der Waals surface area contributed by atoms with Crippen molar-refractivity contribution in [3.8, 4) is 0 Å². The number of hydrogen-bond acceptors (Lipinski definition) is 6. The molecule has 0 bridgehead atoms. The molecule has 6 nitrogen and oxygen atoms in total. The third-order valence-corrected chi connectivity index (χ3v) is 11.8. The molecule has 0 spiro atoms. The molecule has 0 saturated carbocycles. The van der Waals surface area contributed by atoms with Gasteiger partial charge < -0.3 is 30.3 Å². The third kappa shape index (κ3) is 3.83. The number of aliphatic hydroxyl groups excluding tert-OH is 3. The Bertz CT molecular complexity index is 256. The molecule has 102 valence electrons. The van der Waals surface area contributed by atoms with E-state index in [-0.39, 0.29) is 5.41 Å². The summed E-state index contributed by atoms with van der Waals surface area (Å²) in [6, 6.07) is 0.669. The molecule has 1 saturated heterocycles. The van der Waals surface area contributed by atoms with Crippen LogP contribution in [0.5, 0.6) is 0 Å². The Kier molecular flexibility index (Phi) is 5.28. The number of hydrogen-bond donors (Lipinski definition) is 5. The SMILES string of the molecule is CC(C)(CN)CC[SiH]1C(O)C(O)C(O)O[SiH]1O. The molecular formula is C9H23NO5Si2. The van der Waals surface area contributed by atoms with Crippen LogP contribution in [0.4, 0.5) is 0 Å². The summed E-state index contributed by atoms with van der Waals surface area (Å²) in [7, 11) is -4.49. The first-order chi connectivity index (χ1) is 7.78. The zero-order valence-corrected chi connectivity index (χ0v) is 12.6. The molecule has 0 aliphatic carbocycles. The van der Waals surface area contributed by atoms with E-state index >= 15 is 0 Å². The average molecular weight is 281 g/mol. The molecule has 1 aliphatic rings. The molecule has 1 fully saturated rings. The summed E-state index contributed by atoms with van der Waals surface area (Å²) in [4.78, 5) is 9.81. The summed E-state index contributed by atoms with van der Waals surface area (Å²) < 4.78 is 4.95. The van der Waals surface area contributed by atoms with E-state index in [4.69, 9.17) is 10.2 Å². The summed E-state index contributed by atoms with van der Waals surface area (Å²) >= 11 is 0. The monoisotopic (exact) mass is 281 g/mol. The van der Waals surface area contributed by atoms with Crippen LogP contribution in [0.1, 0.15) is 20.3 Å². The quantitative estimate of drug-likeness (QED) is 0.364. The molecule has 8 heteroatoms. The number of nitrogens with two attached hydrogens (primary N) is 1. The molecule has 1 rings (SSSR count). The Hall–Kier alpha value is 0.194. The summed E-state index contributed by atoms with van der Waals surface area (Å²) in [5.74, 6) is 0. The predicted octanol–water partition coefficient (Wildman–Crippen LogP) is -2.51. The minimum atomic E-state index is -2.53. The highest BCUT2D eigenvalue weighted by Gasteiger charge is 2.45. The van der Waals surface area contributed by atoms with Gasteiger partial charge in [0.2, 0.25) is 0 Å². The zero-order chi connectivity index (χ0) is 13.2. The molecular weight excluding hydrogens is 258 g/mol. The highest BCUT2D eigenvalue weighted by molar-refractivity contribution is 7.17. The first kappa shape index (κ1) is 15.3. The van der Waals surface area contributed by atoms with Gasteiger partial charge in [0.15, 0.2) is 6.29 Å². The lowest BCUT2D eigenvalue weighted by atomic mass is 9.91. The van der Waals surface area contributed by atoms with Gasteiger partial charge in [-0.1, -0.05) is 19.9 Å². The van der Waals surface area contributed by atoms with Gasteiger partial charge >= 0.3 is 0 Å². The fourth-order valence-corrected chi connectivity index (χ4v) is 9.45. The third-order valence-electron chi connectivity index (χ3n) is 3.43. The summed E-state index contributed by atoms with van der Waals surface area (Å²) in [6.45, 7) is 4.58. The summed E-state index contributed by atoms with van der Waals surface area (Å²) in [6.07, 6.45) is -1.95. The van der Waals surface area contributed by atoms with E-state index in [1.165, 1.54) is 0 Å². The van der Waals surface area contributed by atoms with E-state index in [1.807, 2.05) is 13.8 Å². The molecule has 0 amide bonds. The Morgan fingerprint density at radius 1 is 1.29 bits per heavy atom. The van der Waals surface area contributed by atoms with Crippen molar-refractivity contribution in [3.05, 3.63) is 0 Å². The molecule has 17 heavy (non-hydrogen) atoms. The predicted molar refractivity (Wildman–Crippen MR) is 67.9 cm³/mol. The first-order valence-electron chi connectivity index (χ1n) is 5.86. The maximum Gasteiger partial charge on any atom is 0.299 e. The van der Waals surface area contributed by atoms with E-state index in [0.717, 1.165) is 6.42 Å². The second kappa shape index (κ2) is 5.89. The molecule has 0 aromatic heterocycles. The number of aliphatic hydroxyl groups is 3. The van der Waals surface area contributed by atoms with Crippen LogP contribution in [0.2, 0.25) is 6.04 Å². The van der Waals surface area contributed by atoms with Gasteiger partial charge in [-0.15, -0.1) is 0 Å². The molecule has 6 N–H and O–H groups in total. The van der Waals surface area contributed by atoms with Crippen LogP contribution in [0.25, 0.3) is 0 Å². The largest absolute Gasteiger partial charge is 0.415 e. The van der Waals surface area contributed by atoms with Crippen LogP contribution in [0.15, 0.2) is 0 Å². The van der Waals surface area contributed by atoms with Crippen molar-refractivity contribution in [3.63, 3.8) is 0 Å². The lowest BCUT2D eigenvalue weighted by Gasteiger charge is -2.37. The average Bonchev–Trinajstić information content (AvgIpc) is 2.26. The van der Waals surface area contributed by atoms with Crippen LogP contribution in [-0.2, 0) is 4.43 Å². The minimum Gasteiger partial charge on any atom is -0.415 e. The van der Waals surface area contributed by atoms with Gasteiger partial charge in [0.25, 0.3) is 8.80 Å². The highest BCUT2D eigenvalue weighted by Crippen LogP contribution is 2.26. The van der Waals surface area contributed by atoms with Gasteiger partial charge in [-0.3, -0.25) is 0 Å². The van der Waals surface area contributed by atoms with Crippen LogP contribution in [0.3, 0.4) is 0 Å². The Balaban J connectivity index is 2.57. The van der Waals surface area contributed by atoms with E-state index in [1.54, 1.807) is 0 Å². The molecule has 5 unspecified atom stereocenters. The van der Waals surface area contributed by atoms with Crippen LogP contribution in [0, 0.1) is 5.41 Å². The van der Waals surface area contributed by atoms with Crippen molar-refractivity contribution < 1.29 is 24.5 Å². The molecule has 1 aliphatic heterocycles. The summed E-state index contributed by atoms with van der Waals surface area (Å²) in [5.41, 5.74) is 4.59. The molecule has 5 atom stereocenters. The van der Waals surface area contributed by atoms with E-state index < -0.39 is 35.2 Å². The zero-order valence-electron chi connectivity index (χ0n) is 10.3. The fourth-order valence-electron chi connectivity index (χ4n) is 1.89. The maximum absolute atomic E-state index is 9.86. The van der Waals surface area contributed by atoms with Crippen molar-refractivity contribution in [2.24, 2.45) is 11.1 Å². The van der Waals surface area contributed by atoms with Gasteiger partial charge in [0.05, 0.1) is 5.73 Å². The Morgan fingerprint density at radius 3 is 2.41 bits per heavy atom. The van der Waals surface area contributed by atoms with Crippen molar-refractivity contribution in [1.82, 2.24) is 0 Å². The topological polar surface area (TPSA) is 116 Å². The normalized spacial score (nSPS) is 39.4. The van der Waals surface area contributed by atoms with Crippen LogP contribution >= 0.6 is 0 Å². The van der Waals surface area contributed by atoms with Gasteiger partial charge in [-0.25, -0.2) is 0 Å². The van der Waals surface area contributed by atoms with Gasteiger partial charge in [-0.05, 0) is 18.4 Å². The lowest BCUT2D eigenvalue weighted by molar-refractivity contribution is -0.141. The van der Waals surface area contributed by atoms with Crippen molar-refractivity contribution in [1.29, 1.82) is 0 Å². The van der Waals surface area contributed by atoms with Crippen LogP contribution in [-0.4, -0.2) is 61.9 Å². The second-order valence-corrected chi connectivity index (χ2v) is 13.4.